The molecule has 1 aromatic carbocycles. The van der Waals surface area contributed by atoms with E-state index in [9.17, 15) is 18.7 Å². The molecule has 1 amide bonds. The molecule has 1 aromatic rings. The Bertz CT molecular complexity index is 808. The van der Waals surface area contributed by atoms with E-state index in [0.29, 0.717) is 31.7 Å². The van der Waals surface area contributed by atoms with Crippen molar-refractivity contribution in [1.29, 1.82) is 0 Å². The number of carbonyl (C=O) groups excluding carboxylic acids is 1. The summed E-state index contributed by atoms with van der Waals surface area (Å²) in [5, 5.41) is 11.3. The molecule has 0 bridgehead atoms. The van der Waals surface area contributed by atoms with Crippen molar-refractivity contribution >= 4 is 5.91 Å². The van der Waals surface area contributed by atoms with Gasteiger partial charge in [0.25, 0.3) is 0 Å². The third-order valence-corrected chi connectivity index (χ3v) is 7.75. The molecular formula is C25H38F2N2O2. The Labute approximate surface area is 185 Å². The molecule has 0 aliphatic carbocycles. The summed E-state index contributed by atoms with van der Waals surface area (Å²) in [7, 11) is 0. The van der Waals surface area contributed by atoms with E-state index in [2.05, 4.69) is 25.7 Å². The Morgan fingerprint density at radius 1 is 1.10 bits per heavy atom. The van der Waals surface area contributed by atoms with Crippen molar-refractivity contribution < 1.29 is 18.7 Å². The van der Waals surface area contributed by atoms with E-state index in [1.54, 1.807) is 0 Å². The molecule has 2 saturated heterocycles. The lowest BCUT2D eigenvalue weighted by molar-refractivity contribution is -0.159. The number of piperidine rings is 1. The predicted octanol–water partition coefficient (Wildman–Crippen LogP) is 4.28. The summed E-state index contributed by atoms with van der Waals surface area (Å²) in [5.74, 6) is -1.94. The fraction of sp³-hybridized carbons (Fsp3) is 0.720. The minimum absolute atomic E-state index is 0.00461. The molecule has 174 valence electrons. The highest BCUT2D eigenvalue weighted by Gasteiger charge is 2.50. The zero-order chi connectivity index (χ0) is 23.3. The van der Waals surface area contributed by atoms with Gasteiger partial charge in [-0.15, -0.1) is 0 Å². The molecule has 2 unspecified atom stereocenters. The third-order valence-electron chi connectivity index (χ3n) is 7.75. The van der Waals surface area contributed by atoms with Gasteiger partial charge in [-0.05, 0) is 38.3 Å². The Morgan fingerprint density at radius 3 is 2.16 bits per heavy atom. The molecule has 0 saturated carbocycles. The highest BCUT2D eigenvalue weighted by Crippen LogP contribution is 2.42. The van der Waals surface area contributed by atoms with E-state index in [0.717, 1.165) is 6.07 Å². The van der Waals surface area contributed by atoms with Gasteiger partial charge in [-0.25, -0.2) is 8.78 Å². The van der Waals surface area contributed by atoms with Gasteiger partial charge in [-0.1, -0.05) is 33.8 Å². The number of amides is 1. The molecule has 4 atom stereocenters. The first kappa shape index (κ1) is 24.1. The molecule has 2 heterocycles. The van der Waals surface area contributed by atoms with Gasteiger partial charge in [0, 0.05) is 55.5 Å². The first-order valence-electron chi connectivity index (χ1n) is 11.5. The van der Waals surface area contributed by atoms with Crippen LogP contribution in [-0.4, -0.2) is 58.1 Å². The van der Waals surface area contributed by atoms with Crippen LogP contribution in [-0.2, 0) is 4.79 Å². The summed E-state index contributed by atoms with van der Waals surface area (Å²) >= 11 is 0. The van der Waals surface area contributed by atoms with E-state index < -0.39 is 23.2 Å². The summed E-state index contributed by atoms with van der Waals surface area (Å²) in [4.78, 5) is 17.8. The first-order chi connectivity index (χ1) is 14.3. The van der Waals surface area contributed by atoms with Gasteiger partial charge in [-0.3, -0.25) is 9.69 Å². The summed E-state index contributed by atoms with van der Waals surface area (Å²) in [6.45, 7) is 16.4. The second-order valence-corrected chi connectivity index (χ2v) is 11.0. The number of aliphatic hydroxyl groups is 1. The van der Waals surface area contributed by atoms with Crippen LogP contribution in [0.2, 0.25) is 0 Å². The maximum atomic E-state index is 14.7. The lowest BCUT2D eigenvalue weighted by Gasteiger charge is -2.50. The number of halogens is 2. The average Bonchev–Trinajstić information content (AvgIpc) is 3.10. The summed E-state index contributed by atoms with van der Waals surface area (Å²) < 4.78 is 28.2. The summed E-state index contributed by atoms with van der Waals surface area (Å²) in [6.07, 6.45) is 0. The van der Waals surface area contributed by atoms with Gasteiger partial charge >= 0.3 is 0 Å². The van der Waals surface area contributed by atoms with E-state index in [1.807, 2.05) is 32.6 Å². The number of hydrogen-bond acceptors (Lipinski definition) is 3. The third kappa shape index (κ3) is 4.38. The van der Waals surface area contributed by atoms with Crippen LogP contribution in [0.15, 0.2) is 18.2 Å². The van der Waals surface area contributed by atoms with Gasteiger partial charge in [0.05, 0.1) is 11.5 Å². The van der Waals surface area contributed by atoms with Crippen molar-refractivity contribution in [2.45, 2.75) is 65.5 Å². The second kappa shape index (κ2) is 8.43. The Balaban J connectivity index is 1.90. The monoisotopic (exact) mass is 436 g/mol. The lowest BCUT2D eigenvalue weighted by atomic mass is 9.68. The van der Waals surface area contributed by atoms with Gasteiger partial charge in [0.15, 0.2) is 0 Å². The molecular weight excluding hydrogens is 398 g/mol. The highest BCUT2D eigenvalue weighted by atomic mass is 19.1. The molecule has 3 rings (SSSR count). The molecule has 4 nitrogen and oxygen atoms in total. The predicted molar refractivity (Wildman–Crippen MR) is 119 cm³/mol. The van der Waals surface area contributed by atoms with Crippen LogP contribution in [0.5, 0.6) is 0 Å². The van der Waals surface area contributed by atoms with Crippen molar-refractivity contribution in [3.63, 3.8) is 0 Å². The van der Waals surface area contributed by atoms with Crippen molar-refractivity contribution in [2.24, 2.45) is 23.7 Å². The maximum absolute atomic E-state index is 14.7. The van der Waals surface area contributed by atoms with Crippen molar-refractivity contribution in [2.75, 3.05) is 26.2 Å². The van der Waals surface area contributed by atoms with E-state index in [1.165, 1.54) is 12.1 Å². The topological polar surface area (TPSA) is 43.8 Å². The minimum atomic E-state index is -0.813. The van der Waals surface area contributed by atoms with Gasteiger partial charge in [-0.2, -0.15) is 0 Å². The quantitative estimate of drug-likeness (QED) is 0.769. The maximum Gasteiger partial charge on any atom is 0.227 e. The first-order valence-corrected chi connectivity index (χ1v) is 11.5. The van der Waals surface area contributed by atoms with Crippen molar-refractivity contribution in [1.82, 2.24) is 9.80 Å². The fourth-order valence-corrected chi connectivity index (χ4v) is 5.79. The van der Waals surface area contributed by atoms with E-state index in [-0.39, 0.29) is 35.1 Å². The standard InChI is InChI=1S/C25H38F2N2O2/c1-15(2)25(31)16(3)11-28(12-17(25)4)23(30)21-14-29(24(5,6)7)13-20(21)19-9-8-18(26)10-22(19)27/h8-10,15-17,20-21,31H,11-14H2,1-7H3/t16?,17?,20-,21+,25?/m0/s1. The number of benzene rings is 1. The van der Waals surface area contributed by atoms with Crippen LogP contribution in [0.4, 0.5) is 8.78 Å². The van der Waals surface area contributed by atoms with Crippen molar-refractivity contribution in [3.8, 4) is 0 Å². The normalized spacial score (nSPS) is 32.7. The number of rotatable bonds is 3. The number of nitrogens with zero attached hydrogens (tertiary/aromatic N) is 2. The molecule has 2 aliphatic heterocycles. The van der Waals surface area contributed by atoms with Crippen LogP contribution in [0, 0.1) is 35.3 Å². The Morgan fingerprint density at radius 2 is 1.68 bits per heavy atom. The van der Waals surface area contributed by atoms with E-state index in [4.69, 9.17) is 0 Å². The van der Waals surface area contributed by atoms with Gasteiger partial charge < -0.3 is 10.0 Å². The van der Waals surface area contributed by atoms with Crippen LogP contribution in [0.25, 0.3) is 0 Å². The molecule has 0 spiro atoms. The lowest BCUT2D eigenvalue weighted by Crippen LogP contribution is -2.61. The Hall–Kier alpha value is -1.53. The molecule has 0 aromatic heterocycles. The number of carbonyl (C=O) groups is 1. The zero-order valence-electron chi connectivity index (χ0n) is 20.0. The molecule has 31 heavy (non-hydrogen) atoms. The summed E-state index contributed by atoms with van der Waals surface area (Å²) in [5.41, 5.74) is -0.570. The van der Waals surface area contributed by atoms with Crippen molar-refractivity contribution in [3.05, 3.63) is 35.4 Å². The largest absolute Gasteiger partial charge is 0.389 e. The molecule has 2 fully saturated rings. The molecule has 6 heteroatoms. The fourth-order valence-electron chi connectivity index (χ4n) is 5.79. The SMILES string of the molecule is CC(C)C1(O)C(C)CN(C(=O)[C@@H]2CN(C(C)(C)C)C[C@H]2c2ccc(F)cc2F)CC1C. The number of likely N-dealkylation sites (tertiary alicyclic amines) is 2. The van der Waals surface area contributed by atoms with Crippen LogP contribution in [0.3, 0.4) is 0 Å². The molecule has 1 N–H and O–H groups in total. The second-order valence-electron chi connectivity index (χ2n) is 11.0. The van der Waals surface area contributed by atoms with Crippen LogP contribution < -0.4 is 0 Å². The smallest absolute Gasteiger partial charge is 0.227 e. The Kier molecular flexibility index (Phi) is 6.56. The highest BCUT2D eigenvalue weighted by molar-refractivity contribution is 5.81. The minimum Gasteiger partial charge on any atom is -0.389 e. The number of hydrogen-bond donors (Lipinski definition) is 1. The molecule has 0 radical (unpaired) electrons. The molecule has 2 aliphatic rings. The van der Waals surface area contributed by atoms with Crippen LogP contribution >= 0.6 is 0 Å². The van der Waals surface area contributed by atoms with Crippen LogP contribution in [0.1, 0.15) is 59.9 Å². The van der Waals surface area contributed by atoms with E-state index >= 15 is 0 Å². The zero-order valence-corrected chi connectivity index (χ0v) is 20.0. The van der Waals surface area contributed by atoms with Gasteiger partial charge in [0.2, 0.25) is 5.91 Å². The average molecular weight is 437 g/mol. The summed E-state index contributed by atoms with van der Waals surface area (Å²) in [6, 6.07) is 3.67. The van der Waals surface area contributed by atoms with Gasteiger partial charge in [0.1, 0.15) is 11.6 Å².